The molecule has 24 heavy (non-hydrogen) atoms. The van der Waals surface area contributed by atoms with E-state index in [1.165, 1.54) is 6.07 Å². The fourth-order valence-electron chi connectivity index (χ4n) is 3.45. The van der Waals surface area contributed by atoms with E-state index < -0.39 is 6.10 Å². The minimum Gasteiger partial charge on any atom is -0.393 e. The monoisotopic (exact) mass is 330 g/mol. The average molecular weight is 330 g/mol. The van der Waals surface area contributed by atoms with Crippen molar-refractivity contribution in [3.8, 4) is 0 Å². The van der Waals surface area contributed by atoms with Gasteiger partial charge < -0.3 is 14.6 Å². The molecule has 4 atom stereocenters. The Morgan fingerprint density at radius 1 is 1.12 bits per heavy atom. The van der Waals surface area contributed by atoms with E-state index >= 15 is 0 Å². The van der Waals surface area contributed by atoms with Gasteiger partial charge in [0.1, 0.15) is 5.82 Å². The SMILES string of the molecule is CC(O)C1C(OCc2ccccc2)COCC1c1ccccc1F. The Morgan fingerprint density at radius 3 is 2.54 bits per heavy atom. The van der Waals surface area contributed by atoms with Crippen molar-refractivity contribution in [1.29, 1.82) is 0 Å². The Labute approximate surface area is 142 Å². The first-order valence-electron chi connectivity index (χ1n) is 8.32. The molecule has 0 spiro atoms. The van der Waals surface area contributed by atoms with E-state index in [9.17, 15) is 9.50 Å². The Kier molecular flexibility index (Phi) is 5.61. The minimum atomic E-state index is -0.612. The van der Waals surface area contributed by atoms with Crippen molar-refractivity contribution in [3.05, 3.63) is 71.5 Å². The third kappa shape index (κ3) is 3.83. The van der Waals surface area contributed by atoms with Crippen LogP contribution >= 0.6 is 0 Å². The fourth-order valence-corrected chi connectivity index (χ4v) is 3.45. The highest BCUT2D eigenvalue weighted by Gasteiger charge is 2.39. The fraction of sp³-hybridized carbons (Fsp3) is 0.400. The molecule has 4 unspecified atom stereocenters. The molecule has 4 heteroatoms. The number of ether oxygens (including phenoxy) is 2. The number of rotatable bonds is 5. The van der Waals surface area contributed by atoms with Crippen molar-refractivity contribution in [2.75, 3.05) is 13.2 Å². The van der Waals surface area contributed by atoms with Crippen LogP contribution in [0.1, 0.15) is 24.0 Å². The van der Waals surface area contributed by atoms with Crippen molar-refractivity contribution >= 4 is 0 Å². The van der Waals surface area contributed by atoms with Crippen LogP contribution in [0.15, 0.2) is 54.6 Å². The molecular formula is C20H23FO3. The zero-order valence-electron chi connectivity index (χ0n) is 13.8. The molecule has 1 saturated heterocycles. The summed E-state index contributed by atoms with van der Waals surface area (Å²) in [7, 11) is 0. The molecule has 2 aromatic rings. The molecule has 0 bridgehead atoms. The van der Waals surface area contributed by atoms with Gasteiger partial charge in [0.15, 0.2) is 0 Å². The van der Waals surface area contributed by atoms with Gasteiger partial charge in [0.2, 0.25) is 0 Å². The van der Waals surface area contributed by atoms with Gasteiger partial charge >= 0.3 is 0 Å². The second-order valence-corrected chi connectivity index (χ2v) is 6.32. The molecule has 1 heterocycles. The van der Waals surface area contributed by atoms with E-state index in [1.54, 1.807) is 19.1 Å². The minimum absolute atomic E-state index is 0.209. The predicted molar refractivity (Wildman–Crippen MR) is 90.1 cm³/mol. The zero-order chi connectivity index (χ0) is 16.9. The van der Waals surface area contributed by atoms with Gasteiger partial charge in [-0.05, 0) is 24.1 Å². The molecule has 0 radical (unpaired) electrons. The smallest absolute Gasteiger partial charge is 0.126 e. The van der Waals surface area contributed by atoms with Crippen LogP contribution in [0.2, 0.25) is 0 Å². The summed E-state index contributed by atoms with van der Waals surface area (Å²) in [4.78, 5) is 0. The molecule has 1 fully saturated rings. The number of halogens is 1. The molecular weight excluding hydrogens is 307 g/mol. The maximum atomic E-state index is 14.2. The highest BCUT2D eigenvalue weighted by Crippen LogP contribution is 2.36. The number of hydrogen-bond donors (Lipinski definition) is 1. The van der Waals surface area contributed by atoms with E-state index in [1.807, 2.05) is 36.4 Å². The van der Waals surface area contributed by atoms with E-state index in [-0.39, 0.29) is 23.8 Å². The Balaban J connectivity index is 1.77. The van der Waals surface area contributed by atoms with Crippen LogP contribution in [-0.2, 0) is 16.1 Å². The lowest BCUT2D eigenvalue weighted by molar-refractivity contribution is -0.128. The summed E-state index contributed by atoms with van der Waals surface area (Å²) in [6.07, 6.45) is -0.886. The van der Waals surface area contributed by atoms with E-state index in [0.29, 0.717) is 25.4 Å². The van der Waals surface area contributed by atoms with Gasteiger partial charge in [-0.3, -0.25) is 0 Å². The summed E-state index contributed by atoms with van der Waals surface area (Å²) < 4.78 is 25.9. The summed E-state index contributed by atoms with van der Waals surface area (Å²) in [5, 5.41) is 10.3. The van der Waals surface area contributed by atoms with Crippen LogP contribution in [-0.4, -0.2) is 30.5 Å². The van der Waals surface area contributed by atoms with E-state index in [4.69, 9.17) is 9.47 Å². The Hall–Kier alpha value is -1.75. The maximum absolute atomic E-state index is 14.2. The maximum Gasteiger partial charge on any atom is 0.126 e. The van der Waals surface area contributed by atoms with Gasteiger partial charge in [-0.15, -0.1) is 0 Å². The van der Waals surface area contributed by atoms with Crippen LogP contribution in [0.4, 0.5) is 4.39 Å². The lowest BCUT2D eigenvalue weighted by atomic mass is 9.78. The van der Waals surface area contributed by atoms with Gasteiger partial charge in [0.05, 0.1) is 32.0 Å². The molecule has 0 saturated carbocycles. The lowest BCUT2D eigenvalue weighted by Gasteiger charge is -2.40. The molecule has 0 aliphatic carbocycles. The molecule has 3 nitrogen and oxygen atoms in total. The van der Waals surface area contributed by atoms with Crippen molar-refractivity contribution < 1.29 is 19.0 Å². The molecule has 1 aliphatic heterocycles. The van der Waals surface area contributed by atoms with E-state index in [2.05, 4.69) is 0 Å². The van der Waals surface area contributed by atoms with Crippen molar-refractivity contribution in [1.82, 2.24) is 0 Å². The molecule has 0 amide bonds. The van der Waals surface area contributed by atoms with Crippen LogP contribution in [0.3, 0.4) is 0 Å². The molecule has 3 rings (SSSR count). The van der Waals surface area contributed by atoms with Crippen LogP contribution < -0.4 is 0 Å². The van der Waals surface area contributed by atoms with Crippen molar-refractivity contribution in [3.63, 3.8) is 0 Å². The summed E-state index contributed by atoms with van der Waals surface area (Å²) in [5.41, 5.74) is 1.64. The number of benzene rings is 2. The molecule has 1 aliphatic rings. The van der Waals surface area contributed by atoms with Crippen molar-refractivity contribution in [2.45, 2.75) is 31.7 Å². The first-order chi connectivity index (χ1) is 11.7. The third-order valence-corrected chi connectivity index (χ3v) is 4.64. The van der Waals surface area contributed by atoms with Gasteiger partial charge in [-0.25, -0.2) is 4.39 Å². The van der Waals surface area contributed by atoms with Gasteiger partial charge in [-0.1, -0.05) is 48.5 Å². The molecule has 1 N–H and O–H groups in total. The highest BCUT2D eigenvalue weighted by atomic mass is 19.1. The first-order valence-corrected chi connectivity index (χ1v) is 8.32. The lowest BCUT2D eigenvalue weighted by Crippen LogP contribution is -2.45. The second kappa shape index (κ2) is 7.88. The second-order valence-electron chi connectivity index (χ2n) is 6.32. The van der Waals surface area contributed by atoms with Crippen molar-refractivity contribution in [2.24, 2.45) is 5.92 Å². The average Bonchev–Trinajstić information content (AvgIpc) is 2.61. The number of hydrogen-bond acceptors (Lipinski definition) is 3. The topological polar surface area (TPSA) is 38.7 Å². The van der Waals surface area contributed by atoms with Gasteiger partial charge in [0, 0.05) is 11.8 Å². The van der Waals surface area contributed by atoms with Crippen LogP contribution in [0.5, 0.6) is 0 Å². The Bertz CT molecular complexity index is 644. The summed E-state index contributed by atoms with van der Waals surface area (Å²) in [5.74, 6) is -0.694. The Morgan fingerprint density at radius 2 is 1.83 bits per heavy atom. The predicted octanol–water partition coefficient (Wildman–Crippen LogP) is 3.52. The quantitative estimate of drug-likeness (QED) is 0.911. The standard InChI is InChI=1S/C20H23FO3/c1-14(22)20-17(16-9-5-6-10-18(16)21)12-23-13-19(20)24-11-15-7-3-2-4-8-15/h2-10,14,17,19-20,22H,11-13H2,1H3. The van der Waals surface area contributed by atoms with Crippen LogP contribution in [0.25, 0.3) is 0 Å². The molecule has 128 valence electrons. The highest BCUT2D eigenvalue weighted by molar-refractivity contribution is 5.24. The van der Waals surface area contributed by atoms with Crippen LogP contribution in [0, 0.1) is 11.7 Å². The van der Waals surface area contributed by atoms with E-state index in [0.717, 1.165) is 5.56 Å². The normalized spacial score (nSPS) is 25.4. The summed E-state index contributed by atoms with van der Waals surface area (Å²) in [6, 6.07) is 16.6. The summed E-state index contributed by atoms with van der Waals surface area (Å²) in [6.45, 7) is 2.99. The number of aliphatic hydroxyl groups excluding tert-OH is 1. The zero-order valence-corrected chi connectivity index (χ0v) is 13.8. The largest absolute Gasteiger partial charge is 0.393 e. The first kappa shape index (κ1) is 17.1. The van der Waals surface area contributed by atoms with Gasteiger partial charge in [-0.2, -0.15) is 0 Å². The third-order valence-electron chi connectivity index (χ3n) is 4.64. The molecule has 2 aromatic carbocycles. The molecule has 0 aromatic heterocycles. The summed E-state index contributed by atoms with van der Waals surface area (Å²) >= 11 is 0. The van der Waals surface area contributed by atoms with Gasteiger partial charge in [0.25, 0.3) is 0 Å². The number of aliphatic hydroxyl groups is 1.